The number of carboxylic acids is 2. The highest BCUT2D eigenvalue weighted by molar-refractivity contribution is 9.10. The first-order valence-electron chi connectivity index (χ1n) is 4.52. The molecule has 1 aromatic heterocycles. The number of rotatable bonds is 2. The Hall–Kier alpha value is -1.95. The van der Waals surface area contributed by atoms with Crippen molar-refractivity contribution in [2.75, 3.05) is 0 Å². The topological polar surface area (TPSA) is 93.1 Å². The number of halogens is 1. The van der Waals surface area contributed by atoms with E-state index < -0.39 is 17.6 Å². The normalized spacial score (nSPS) is 10.4. The number of aromatic nitrogens is 1. The molecule has 0 spiro atoms. The highest BCUT2D eigenvalue weighted by atomic mass is 79.9. The van der Waals surface area contributed by atoms with Crippen LogP contribution in [0.3, 0.4) is 0 Å². The summed E-state index contributed by atoms with van der Waals surface area (Å²) in [7, 11) is 0. The predicted molar refractivity (Wildman–Crippen MR) is 58.1 cm³/mol. The van der Waals surface area contributed by atoms with E-state index >= 15 is 0 Å². The number of carbonyl (C=O) groups excluding carboxylic acids is 2. The van der Waals surface area contributed by atoms with Crippen LogP contribution in [0, 0.1) is 0 Å². The van der Waals surface area contributed by atoms with Crippen molar-refractivity contribution in [2.24, 2.45) is 0 Å². The third kappa shape index (κ3) is 2.12. The van der Waals surface area contributed by atoms with Crippen LogP contribution >= 0.6 is 15.9 Å². The molecule has 0 radical (unpaired) electrons. The van der Waals surface area contributed by atoms with E-state index in [1.165, 1.54) is 12.1 Å². The molecule has 0 N–H and O–H groups in total. The van der Waals surface area contributed by atoms with Crippen molar-refractivity contribution in [3.05, 3.63) is 40.0 Å². The van der Waals surface area contributed by atoms with Gasteiger partial charge in [0.15, 0.2) is 0 Å². The second kappa shape index (κ2) is 4.14. The first-order chi connectivity index (χ1) is 7.99. The summed E-state index contributed by atoms with van der Waals surface area (Å²) in [6.07, 6.45) is 0. The maximum absolute atomic E-state index is 10.9. The second-order valence-corrected chi connectivity index (χ2v) is 4.21. The number of carbonyl (C=O) groups is 2. The first-order valence-corrected chi connectivity index (χ1v) is 5.31. The van der Waals surface area contributed by atoms with E-state index in [-0.39, 0.29) is 11.1 Å². The van der Waals surface area contributed by atoms with Gasteiger partial charge in [0.25, 0.3) is 0 Å². The summed E-state index contributed by atoms with van der Waals surface area (Å²) >= 11 is 3.19. The molecule has 0 aliphatic carbocycles. The Morgan fingerprint density at radius 3 is 2.41 bits per heavy atom. The van der Waals surface area contributed by atoms with E-state index in [2.05, 4.69) is 20.9 Å². The molecule has 1 aromatic carbocycles. The molecule has 0 saturated heterocycles. The molecule has 0 saturated carbocycles. The van der Waals surface area contributed by atoms with Crippen molar-refractivity contribution in [2.45, 2.75) is 0 Å². The molecule has 0 amide bonds. The Balaban J connectivity index is 2.86. The SMILES string of the molecule is O=C([O-])c1cc(C(=O)[O-])c2cc(Br)ccc2n1. The predicted octanol–water partition coefficient (Wildman–Crippen LogP) is -0.276. The molecular weight excluding hydrogens is 290 g/mol. The second-order valence-electron chi connectivity index (χ2n) is 3.29. The van der Waals surface area contributed by atoms with E-state index in [0.717, 1.165) is 6.07 Å². The van der Waals surface area contributed by atoms with Gasteiger partial charge in [-0.3, -0.25) is 0 Å². The van der Waals surface area contributed by atoms with Crippen molar-refractivity contribution in [1.82, 2.24) is 4.98 Å². The Bertz CT molecular complexity index is 639. The average Bonchev–Trinajstić information content (AvgIpc) is 2.27. The zero-order valence-corrected chi connectivity index (χ0v) is 9.85. The molecule has 5 nitrogen and oxygen atoms in total. The van der Waals surface area contributed by atoms with Gasteiger partial charge in [-0.1, -0.05) is 15.9 Å². The third-order valence-corrected chi connectivity index (χ3v) is 2.69. The Morgan fingerprint density at radius 1 is 1.12 bits per heavy atom. The van der Waals surface area contributed by atoms with Crippen molar-refractivity contribution < 1.29 is 19.8 Å². The summed E-state index contributed by atoms with van der Waals surface area (Å²) in [6, 6.07) is 5.61. The summed E-state index contributed by atoms with van der Waals surface area (Å²) in [5, 5.41) is 21.9. The van der Waals surface area contributed by atoms with E-state index in [4.69, 9.17) is 0 Å². The van der Waals surface area contributed by atoms with Gasteiger partial charge in [-0.25, -0.2) is 4.98 Å². The molecule has 0 aliphatic rings. The van der Waals surface area contributed by atoms with E-state index in [1.54, 1.807) is 6.07 Å². The van der Waals surface area contributed by atoms with Crippen LogP contribution < -0.4 is 10.2 Å². The van der Waals surface area contributed by atoms with E-state index in [0.29, 0.717) is 9.86 Å². The van der Waals surface area contributed by atoms with Crippen LogP contribution in [0.15, 0.2) is 28.7 Å². The number of carboxylic acid groups (broad SMARTS) is 2. The monoisotopic (exact) mass is 293 g/mol. The number of benzene rings is 1. The summed E-state index contributed by atoms with van der Waals surface area (Å²) in [5.74, 6) is -2.99. The van der Waals surface area contributed by atoms with Crippen molar-refractivity contribution in [3.8, 4) is 0 Å². The summed E-state index contributed by atoms with van der Waals surface area (Å²) in [4.78, 5) is 25.4. The molecule has 0 bridgehead atoms. The van der Waals surface area contributed by atoms with Crippen LogP contribution in [0.1, 0.15) is 20.8 Å². The highest BCUT2D eigenvalue weighted by Crippen LogP contribution is 2.22. The molecule has 1 heterocycles. The molecule has 2 rings (SSSR count). The number of pyridine rings is 1. The highest BCUT2D eigenvalue weighted by Gasteiger charge is 2.07. The number of fused-ring (bicyclic) bond motifs is 1. The zero-order chi connectivity index (χ0) is 12.6. The lowest BCUT2D eigenvalue weighted by Crippen LogP contribution is -2.27. The van der Waals surface area contributed by atoms with Crippen LogP contribution in [0.25, 0.3) is 10.9 Å². The number of nitrogens with zero attached hydrogens (tertiary/aromatic N) is 1. The molecule has 0 atom stereocenters. The number of aromatic carboxylic acids is 2. The molecule has 2 aromatic rings. The van der Waals surface area contributed by atoms with Gasteiger partial charge in [0.1, 0.15) is 0 Å². The lowest BCUT2D eigenvalue weighted by atomic mass is 10.1. The number of hydrogen-bond donors (Lipinski definition) is 0. The van der Waals surface area contributed by atoms with Gasteiger partial charge in [0.2, 0.25) is 0 Å². The van der Waals surface area contributed by atoms with Crippen LogP contribution in [-0.2, 0) is 0 Å². The Labute approximate surface area is 104 Å². The molecule has 17 heavy (non-hydrogen) atoms. The van der Waals surface area contributed by atoms with Gasteiger partial charge in [-0.05, 0) is 24.3 Å². The van der Waals surface area contributed by atoms with Gasteiger partial charge in [-0.2, -0.15) is 0 Å². The maximum atomic E-state index is 10.9. The first kappa shape index (κ1) is 11.5. The maximum Gasteiger partial charge on any atom is 0.0900 e. The fraction of sp³-hybridized carbons (Fsp3) is 0. The summed E-state index contributed by atoms with van der Waals surface area (Å²) in [5.41, 5.74) is -0.399. The molecule has 6 heteroatoms. The van der Waals surface area contributed by atoms with Crippen molar-refractivity contribution in [3.63, 3.8) is 0 Å². The van der Waals surface area contributed by atoms with Crippen LogP contribution in [-0.4, -0.2) is 16.9 Å². The summed E-state index contributed by atoms with van der Waals surface area (Å²) < 4.78 is 0.663. The Morgan fingerprint density at radius 2 is 1.82 bits per heavy atom. The van der Waals surface area contributed by atoms with E-state index in [9.17, 15) is 19.8 Å². The standard InChI is InChI=1S/C11H6BrNO4/c12-5-1-2-8-6(3-5)7(10(14)15)4-9(13-8)11(16)17/h1-4H,(H,14,15)(H,16,17)/p-2. The van der Waals surface area contributed by atoms with Gasteiger partial charge in [0, 0.05) is 15.4 Å². The van der Waals surface area contributed by atoms with Gasteiger partial charge in [-0.15, -0.1) is 0 Å². The molecular formula is C11H4BrNO4-2. The minimum absolute atomic E-state index is 0.226. The minimum Gasteiger partial charge on any atom is -0.545 e. The van der Waals surface area contributed by atoms with Crippen molar-refractivity contribution in [1.29, 1.82) is 0 Å². The third-order valence-electron chi connectivity index (χ3n) is 2.20. The smallest absolute Gasteiger partial charge is 0.0900 e. The molecule has 0 unspecified atom stereocenters. The lowest BCUT2D eigenvalue weighted by molar-refractivity contribution is -0.255. The average molecular weight is 294 g/mol. The largest absolute Gasteiger partial charge is 0.545 e. The van der Waals surface area contributed by atoms with Crippen LogP contribution in [0.4, 0.5) is 0 Å². The summed E-state index contributed by atoms with van der Waals surface area (Å²) in [6.45, 7) is 0. The van der Waals surface area contributed by atoms with Crippen molar-refractivity contribution >= 4 is 38.8 Å². The molecule has 0 aliphatic heterocycles. The molecule has 0 fully saturated rings. The lowest BCUT2D eigenvalue weighted by Gasteiger charge is -2.11. The van der Waals surface area contributed by atoms with Crippen LogP contribution in [0.5, 0.6) is 0 Å². The van der Waals surface area contributed by atoms with Crippen LogP contribution in [0.2, 0.25) is 0 Å². The fourth-order valence-electron chi connectivity index (χ4n) is 1.47. The fourth-order valence-corrected chi connectivity index (χ4v) is 1.83. The van der Waals surface area contributed by atoms with E-state index in [1.807, 2.05) is 0 Å². The van der Waals surface area contributed by atoms with Gasteiger partial charge < -0.3 is 19.8 Å². The minimum atomic E-state index is -1.53. The quantitative estimate of drug-likeness (QED) is 0.759. The molecule has 86 valence electrons. The zero-order valence-electron chi connectivity index (χ0n) is 8.27. The Kier molecular flexibility index (Phi) is 2.81. The number of hydrogen-bond acceptors (Lipinski definition) is 5. The van der Waals surface area contributed by atoms with Gasteiger partial charge in [0.05, 0.1) is 23.1 Å². The van der Waals surface area contributed by atoms with Gasteiger partial charge >= 0.3 is 0 Å².